The predicted octanol–water partition coefficient (Wildman–Crippen LogP) is 0.275. The van der Waals surface area contributed by atoms with Crippen molar-refractivity contribution in [1.29, 1.82) is 0 Å². The second kappa shape index (κ2) is 9.10. The summed E-state index contributed by atoms with van der Waals surface area (Å²) in [4.78, 5) is 0. The maximum Gasteiger partial charge on any atom is 0.238 e. The van der Waals surface area contributed by atoms with Gasteiger partial charge in [-0.05, 0) is 38.5 Å². The Balaban J connectivity index is 1.74. The number of nitrogens with one attached hydrogen (secondary N) is 1. The number of ether oxygens (including phenoxy) is 3. The van der Waals surface area contributed by atoms with Gasteiger partial charge in [-0.25, -0.2) is 0 Å². The molecule has 2 aromatic rings. The van der Waals surface area contributed by atoms with Crippen LogP contribution in [0.4, 0.5) is 0 Å². The summed E-state index contributed by atoms with van der Waals surface area (Å²) in [6.07, 6.45) is -6.17. The van der Waals surface area contributed by atoms with Gasteiger partial charge in [-0.1, -0.05) is 12.1 Å². The smallest absolute Gasteiger partial charge is 0.238 e. The molecule has 1 aliphatic heterocycles. The third-order valence-electron chi connectivity index (χ3n) is 4.79. The molecule has 0 saturated carbocycles. The molecule has 0 unspecified atom stereocenters. The fourth-order valence-corrected chi connectivity index (χ4v) is 3.17. The van der Waals surface area contributed by atoms with Crippen molar-refractivity contribution < 1.29 is 34.6 Å². The number of rotatable bonds is 7. The number of aliphatic hydroxyl groups is 4. The number of aryl methyl sites for hydroxylation is 1. The fourth-order valence-electron chi connectivity index (χ4n) is 3.17. The molecule has 9 nitrogen and oxygen atoms in total. The summed E-state index contributed by atoms with van der Waals surface area (Å²) >= 11 is 0. The standard InChI is InChI=1S/C20H28N2O7/c1-10(2)27-13-6-4-12(5-7-13)8-14-11(3)21-22-19(14)29-20-18(26)17(25)16(24)15(9-23)28-20/h4-7,10,15-18,20,23-26H,8-9H2,1-3H3,(H,21,22)/t15-,16-,17+,18-,20-/m1/s1. The predicted molar refractivity (Wildman–Crippen MR) is 103 cm³/mol. The molecule has 1 saturated heterocycles. The first kappa shape index (κ1) is 21.5. The van der Waals surface area contributed by atoms with Gasteiger partial charge in [0.2, 0.25) is 12.2 Å². The Morgan fingerprint density at radius 2 is 1.79 bits per heavy atom. The molecule has 1 aromatic carbocycles. The zero-order chi connectivity index (χ0) is 21.1. The molecular formula is C20H28N2O7. The van der Waals surface area contributed by atoms with Gasteiger partial charge in [-0.2, -0.15) is 0 Å². The first-order valence-corrected chi connectivity index (χ1v) is 9.56. The molecule has 5 N–H and O–H groups in total. The maximum absolute atomic E-state index is 10.2. The quantitative estimate of drug-likeness (QED) is 0.440. The van der Waals surface area contributed by atoms with E-state index >= 15 is 0 Å². The van der Waals surface area contributed by atoms with Crippen LogP contribution in [0.1, 0.15) is 30.7 Å². The number of nitrogens with zero attached hydrogens (tertiary/aromatic N) is 1. The van der Waals surface area contributed by atoms with Crippen molar-refractivity contribution in [1.82, 2.24) is 10.2 Å². The van der Waals surface area contributed by atoms with Gasteiger partial charge in [0.15, 0.2) is 0 Å². The van der Waals surface area contributed by atoms with Gasteiger partial charge in [-0.15, -0.1) is 5.10 Å². The van der Waals surface area contributed by atoms with Gasteiger partial charge in [0.05, 0.1) is 12.7 Å². The molecule has 0 bridgehead atoms. The average Bonchev–Trinajstić information content (AvgIpc) is 3.03. The molecule has 1 fully saturated rings. The second-order valence-corrected chi connectivity index (χ2v) is 7.43. The van der Waals surface area contributed by atoms with Crippen molar-refractivity contribution in [2.45, 2.75) is 64.0 Å². The molecule has 160 valence electrons. The van der Waals surface area contributed by atoms with E-state index in [9.17, 15) is 20.4 Å². The SMILES string of the molecule is Cc1[nH]nc(O[C@H]2O[C@H](CO)[C@@H](O)[C@H](O)[C@H]2O)c1Cc1ccc(OC(C)C)cc1. The van der Waals surface area contributed by atoms with Gasteiger partial charge in [0.25, 0.3) is 0 Å². The van der Waals surface area contributed by atoms with Gasteiger partial charge >= 0.3 is 0 Å². The summed E-state index contributed by atoms with van der Waals surface area (Å²) in [5.74, 6) is 1.000. The van der Waals surface area contributed by atoms with E-state index in [-0.39, 0.29) is 12.0 Å². The van der Waals surface area contributed by atoms with Gasteiger partial charge in [-0.3, -0.25) is 5.10 Å². The van der Waals surface area contributed by atoms with E-state index < -0.39 is 37.3 Å². The van der Waals surface area contributed by atoms with Crippen molar-refractivity contribution in [2.75, 3.05) is 6.61 Å². The molecule has 29 heavy (non-hydrogen) atoms. The number of hydrogen-bond donors (Lipinski definition) is 5. The molecular weight excluding hydrogens is 380 g/mol. The highest BCUT2D eigenvalue weighted by Gasteiger charge is 2.45. The van der Waals surface area contributed by atoms with Crippen LogP contribution >= 0.6 is 0 Å². The Bertz CT molecular complexity index is 791. The van der Waals surface area contributed by atoms with E-state index in [2.05, 4.69) is 10.2 Å². The van der Waals surface area contributed by atoms with E-state index in [1.807, 2.05) is 45.0 Å². The Morgan fingerprint density at radius 1 is 1.10 bits per heavy atom. The highest BCUT2D eigenvalue weighted by atomic mass is 16.7. The van der Waals surface area contributed by atoms with E-state index in [4.69, 9.17) is 14.2 Å². The Labute approximate surface area is 168 Å². The van der Waals surface area contributed by atoms with Crippen molar-refractivity contribution >= 4 is 0 Å². The molecule has 0 radical (unpaired) electrons. The molecule has 1 aromatic heterocycles. The van der Waals surface area contributed by atoms with Gasteiger partial charge in [0, 0.05) is 17.7 Å². The van der Waals surface area contributed by atoms with Crippen LogP contribution in [0.5, 0.6) is 11.6 Å². The van der Waals surface area contributed by atoms with E-state index in [0.717, 1.165) is 22.6 Å². The van der Waals surface area contributed by atoms with Crippen LogP contribution in [-0.2, 0) is 11.2 Å². The monoisotopic (exact) mass is 408 g/mol. The van der Waals surface area contributed by atoms with Gasteiger partial charge < -0.3 is 34.6 Å². The van der Waals surface area contributed by atoms with Crippen LogP contribution < -0.4 is 9.47 Å². The normalized spacial score (nSPS) is 27.2. The van der Waals surface area contributed by atoms with Crippen molar-refractivity contribution in [2.24, 2.45) is 0 Å². The van der Waals surface area contributed by atoms with Crippen LogP contribution in [0.2, 0.25) is 0 Å². The summed E-state index contributed by atoms with van der Waals surface area (Å²) < 4.78 is 16.7. The molecule has 0 aliphatic carbocycles. The summed E-state index contributed by atoms with van der Waals surface area (Å²) in [6, 6.07) is 7.68. The third kappa shape index (κ3) is 4.88. The summed E-state index contributed by atoms with van der Waals surface area (Å²) in [7, 11) is 0. The number of hydrogen-bond acceptors (Lipinski definition) is 8. The Kier molecular flexibility index (Phi) is 6.76. The number of benzene rings is 1. The van der Waals surface area contributed by atoms with E-state index in [1.54, 1.807) is 0 Å². The van der Waals surface area contributed by atoms with Crippen LogP contribution in [0.3, 0.4) is 0 Å². The average molecular weight is 408 g/mol. The van der Waals surface area contributed by atoms with Crippen LogP contribution in [-0.4, -0.2) is 74.0 Å². The number of aliphatic hydroxyl groups excluding tert-OH is 4. The largest absolute Gasteiger partial charge is 0.491 e. The Morgan fingerprint density at radius 3 is 2.41 bits per heavy atom. The Hall–Kier alpha value is -2.17. The lowest BCUT2D eigenvalue weighted by Crippen LogP contribution is -2.60. The molecule has 0 amide bonds. The number of aromatic nitrogens is 2. The summed E-state index contributed by atoms with van der Waals surface area (Å²) in [5, 5.41) is 46.3. The molecule has 2 heterocycles. The lowest BCUT2D eigenvalue weighted by Gasteiger charge is -2.39. The fraction of sp³-hybridized carbons (Fsp3) is 0.550. The zero-order valence-electron chi connectivity index (χ0n) is 16.6. The van der Waals surface area contributed by atoms with Crippen LogP contribution in [0.25, 0.3) is 0 Å². The zero-order valence-corrected chi connectivity index (χ0v) is 16.6. The topological polar surface area (TPSA) is 137 Å². The first-order chi connectivity index (χ1) is 13.8. The number of H-pyrrole nitrogens is 1. The molecule has 0 spiro atoms. The highest BCUT2D eigenvalue weighted by Crippen LogP contribution is 2.28. The van der Waals surface area contributed by atoms with E-state index in [1.165, 1.54) is 0 Å². The maximum atomic E-state index is 10.2. The van der Waals surface area contributed by atoms with Crippen molar-refractivity contribution in [3.8, 4) is 11.6 Å². The summed E-state index contributed by atoms with van der Waals surface area (Å²) in [5.41, 5.74) is 2.55. The first-order valence-electron chi connectivity index (χ1n) is 9.56. The number of aromatic amines is 1. The molecule has 1 aliphatic rings. The van der Waals surface area contributed by atoms with Crippen molar-refractivity contribution in [3.63, 3.8) is 0 Å². The lowest BCUT2D eigenvalue weighted by atomic mass is 9.99. The third-order valence-corrected chi connectivity index (χ3v) is 4.79. The van der Waals surface area contributed by atoms with Crippen molar-refractivity contribution in [3.05, 3.63) is 41.1 Å². The summed E-state index contributed by atoms with van der Waals surface area (Å²) in [6.45, 7) is 5.25. The highest BCUT2D eigenvalue weighted by molar-refractivity contribution is 5.37. The van der Waals surface area contributed by atoms with E-state index in [0.29, 0.717) is 6.42 Å². The van der Waals surface area contributed by atoms with Crippen LogP contribution in [0, 0.1) is 6.92 Å². The molecule has 5 atom stereocenters. The molecule has 3 rings (SSSR count). The minimum atomic E-state index is -1.51. The minimum absolute atomic E-state index is 0.0931. The lowest BCUT2D eigenvalue weighted by molar-refractivity contribution is -0.278. The van der Waals surface area contributed by atoms with Crippen LogP contribution in [0.15, 0.2) is 24.3 Å². The minimum Gasteiger partial charge on any atom is -0.491 e. The second-order valence-electron chi connectivity index (χ2n) is 7.43. The van der Waals surface area contributed by atoms with Gasteiger partial charge in [0.1, 0.15) is 30.2 Å². The molecule has 9 heteroatoms.